The number of ether oxygens (including phenoxy) is 2. The van der Waals surface area contributed by atoms with Crippen molar-refractivity contribution in [2.24, 2.45) is 0 Å². The fraction of sp³-hybridized carbons (Fsp3) is 0.545. The minimum atomic E-state index is -1.53. The molecule has 0 unspecified atom stereocenters. The SMILES string of the molecule is O=Cc1ccc(O[C@H]2O[C@H](CO)[C@@H](O)[C@H](O)[C@H]2O)o1. The smallest absolute Gasteiger partial charge is 0.287 e. The van der Waals surface area contributed by atoms with Gasteiger partial charge in [-0.3, -0.25) is 4.79 Å². The zero-order valence-electron chi connectivity index (χ0n) is 9.75. The van der Waals surface area contributed by atoms with E-state index >= 15 is 0 Å². The van der Waals surface area contributed by atoms with Crippen molar-refractivity contribution in [3.8, 4) is 5.95 Å². The van der Waals surface area contributed by atoms with Gasteiger partial charge in [0.15, 0.2) is 12.0 Å². The number of rotatable bonds is 4. The Kier molecular flexibility index (Phi) is 4.17. The fourth-order valence-electron chi connectivity index (χ4n) is 1.74. The second-order valence-corrected chi connectivity index (χ2v) is 4.09. The molecule has 1 saturated heterocycles. The molecule has 5 atom stereocenters. The first-order chi connectivity index (χ1) is 9.06. The van der Waals surface area contributed by atoms with Crippen LogP contribution in [0.25, 0.3) is 0 Å². The third-order valence-electron chi connectivity index (χ3n) is 2.80. The van der Waals surface area contributed by atoms with Crippen molar-refractivity contribution in [2.75, 3.05) is 6.61 Å². The highest BCUT2D eigenvalue weighted by Crippen LogP contribution is 2.25. The molecule has 19 heavy (non-hydrogen) atoms. The van der Waals surface area contributed by atoms with Crippen molar-refractivity contribution >= 4 is 6.29 Å². The van der Waals surface area contributed by atoms with Crippen LogP contribution in [0.4, 0.5) is 0 Å². The van der Waals surface area contributed by atoms with Crippen LogP contribution in [0, 0.1) is 0 Å². The summed E-state index contributed by atoms with van der Waals surface area (Å²) in [6, 6.07) is 2.69. The van der Waals surface area contributed by atoms with Gasteiger partial charge < -0.3 is 34.3 Å². The maximum atomic E-state index is 10.4. The maximum Gasteiger partial charge on any atom is 0.287 e. The summed E-state index contributed by atoms with van der Waals surface area (Å²) in [5, 5.41) is 37.8. The van der Waals surface area contributed by atoms with E-state index in [-0.39, 0.29) is 11.7 Å². The fourth-order valence-corrected chi connectivity index (χ4v) is 1.74. The van der Waals surface area contributed by atoms with E-state index in [4.69, 9.17) is 19.0 Å². The van der Waals surface area contributed by atoms with Crippen molar-refractivity contribution in [1.82, 2.24) is 0 Å². The van der Waals surface area contributed by atoms with E-state index in [9.17, 15) is 20.1 Å². The van der Waals surface area contributed by atoms with Gasteiger partial charge in [0, 0.05) is 6.07 Å². The van der Waals surface area contributed by atoms with Gasteiger partial charge in [0.1, 0.15) is 24.4 Å². The van der Waals surface area contributed by atoms with Gasteiger partial charge in [-0.15, -0.1) is 0 Å². The summed E-state index contributed by atoms with van der Waals surface area (Å²) >= 11 is 0. The molecule has 1 aromatic rings. The number of aliphatic hydroxyl groups excluding tert-OH is 4. The molecule has 2 rings (SSSR count). The van der Waals surface area contributed by atoms with Crippen LogP contribution < -0.4 is 4.74 Å². The number of hydrogen-bond donors (Lipinski definition) is 4. The van der Waals surface area contributed by atoms with E-state index in [0.717, 1.165) is 0 Å². The van der Waals surface area contributed by atoms with Crippen molar-refractivity contribution in [2.45, 2.75) is 30.7 Å². The lowest BCUT2D eigenvalue weighted by Crippen LogP contribution is -2.60. The lowest BCUT2D eigenvalue weighted by molar-refractivity contribution is -0.280. The number of hydrogen-bond acceptors (Lipinski definition) is 8. The molecular weight excluding hydrogens is 260 g/mol. The Bertz CT molecular complexity index is 428. The van der Waals surface area contributed by atoms with Gasteiger partial charge in [-0.05, 0) is 6.07 Å². The Labute approximate surface area is 107 Å². The van der Waals surface area contributed by atoms with Crippen LogP contribution in [-0.4, -0.2) is 64.0 Å². The van der Waals surface area contributed by atoms with Crippen LogP contribution in [-0.2, 0) is 4.74 Å². The molecule has 1 aromatic heterocycles. The van der Waals surface area contributed by atoms with Gasteiger partial charge in [0.05, 0.1) is 6.61 Å². The lowest BCUT2D eigenvalue weighted by atomic mass is 9.99. The Morgan fingerprint density at radius 3 is 2.53 bits per heavy atom. The quantitative estimate of drug-likeness (QED) is 0.477. The van der Waals surface area contributed by atoms with Gasteiger partial charge >= 0.3 is 0 Å². The van der Waals surface area contributed by atoms with Crippen LogP contribution in [0.15, 0.2) is 16.5 Å². The zero-order chi connectivity index (χ0) is 14.0. The molecule has 1 aliphatic rings. The van der Waals surface area contributed by atoms with Crippen LogP contribution >= 0.6 is 0 Å². The number of aliphatic hydroxyl groups is 4. The Morgan fingerprint density at radius 1 is 1.21 bits per heavy atom. The molecule has 0 aromatic carbocycles. The third kappa shape index (κ3) is 2.77. The van der Waals surface area contributed by atoms with Gasteiger partial charge in [0.2, 0.25) is 6.29 Å². The van der Waals surface area contributed by atoms with E-state index in [1.807, 2.05) is 0 Å². The van der Waals surface area contributed by atoms with Gasteiger partial charge in [-0.1, -0.05) is 0 Å². The van der Waals surface area contributed by atoms with Crippen molar-refractivity contribution in [3.63, 3.8) is 0 Å². The number of furan rings is 1. The Balaban J connectivity index is 2.08. The highest BCUT2D eigenvalue weighted by Gasteiger charge is 2.45. The number of carbonyl (C=O) groups is 1. The van der Waals surface area contributed by atoms with E-state index in [1.54, 1.807) is 0 Å². The summed E-state index contributed by atoms with van der Waals surface area (Å²) in [6.07, 6.45) is -6.44. The first-order valence-corrected chi connectivity index (χ1v) is 5.59. The first-order valence-electron chi connectivity index (χ1n) is 5.59. The summed E-state index contributed by atoms with van der Waals surface area (Å²) in [5.41, 5.74) is 0. The molecular formula is C11H14O8. The normalized spacial score (nSPS) is 35.1. The van der Waals surface area contributed by atoms with Crippen LogP contribution in [0.1, 0.15) is 10.6 Å². The molecule has 0 spiro atoms. The largest absolute Gasteiger partial charge is 0.432 e. The minimum Gasteiger partial charge on any atom is -0.432 e. The van der Waals surface area contributed by atoms with Crippen LogP contribution in [0.5, 0.6) is 5.95 Å². The molecule has 1 fully saturated rings. The van der Waals surface area contributed by atoms with Crippen molar-refractivity contribution in [3.05, 3.63) is 17.9 Å². The van der Waals surface area contributed by atoms with Crippen molar-refractivity contribution < 1.29 is 39.1 Å². The summed E-state index contributed by atoms with van der Waals surface area (Å²) in [7, 11) is 0. The van der Waals surface area contributed by atoms with Crippen molar-refractivity contribution in [1.29, 1.82) is 0 Å². The molecule has 8 nitrogen and oxygen atoms in total. The molecule has 1 aliphatic heterocycles. The molecule has 4 N–H and O–H groups in total. The number of carbonyl (C=O) groups excluding carboxylic acids is 1. The van der Waals surface area contributed by atoms with Gasteiger partial charge in [0.25, 0.3) is 5.95 Å². The highest BCUT2D eigenvalue weighted by atomic mass is 16.7. The van der Waals surface area contributed by atoms with E-state index < -0.39 is 37.3 Å². The minimum absolute atomic E-state index is 0.0274. The third-order valence-corrected chi connectivity index (χ3v) is 2.80. The second kappa shape index (κ2) is 5.68. The molecule has 0 bridgehead atoms. The molecule has 0 saturated carbocycles. The predicted octanol–water partition coefficient (Wildman–Crippen LogP) is -1.73. The average Bonchev–Trinajstić information content (AvgIpc) is 2.87. The Morgan fingerprint density at radius 2 is 1.95 bits per heavy atom. The number of aldehydes is 1. The van der Waals surface area contributed by atoms with E-state index in [1.165, 1.54) is 12.1 Å². The van der Waals surface area contributed by atoms with Crippen LogP contribution in [0.3, 0.4) is 0 Å². The summed E-state index contributed by atoms with van der Waals surface area (Å²) in [5.74, 6) is -0.0639. The Hall–Kier alpha value is -1.45. The molecule has 106 valence electrons. The topological polar surface area (TPSA) is 130 Å². The average molecular weight is 274 g/mol. The molecule has 0 aliphatic carbocycles. The maximum absolute atomic E-state index is 10.4. The van der Waals surface area contributed by atoms with Gasteiger partial charge in [-0.2, -0.15) is 0 Å². The predicted molar refractivity (Wildman–Crippen MR) is 58.5 cm³/mol. The monoisotopic (exact) mass is 274 g/mol. The summed E-state index contributed by atoms with van der Waals surface area (Å²) in [4.78, 5) is 10.4. The standard InChI is InChI=1S/C11H14O8/c12-3-5-1-2-7(17-5)19-11-10(16)9(15)8(14)6(4-13)18-11/h1-3,6,8-11,13-16H,4H2/t6-,8-,9+,10-,11-/m1/s1. The van der Waals surface area contributed by atoms with Crippen LogP contribution in [0.2, 0.25) is 0 Å². The molecule has 0 amide bonds. The van der Waals surface area contributed by atoms with E-state index in [0.29, 0.717) is 6.29 Å². The van der Waals surface area contributed by atoms with E-state index in [2.05, 4.69) is 0 Å². The highest BCUT2D eigenvalue weighted by molar-refractivity contribution is 5.70. The second-order valence-electron chi connectivity index (χ2n) is 4.09. The lowest BCUT2D eigenvalue weighted by Gasteiger charge is -2.39. The zero-order valence-corrected chi connectivity index (χ0v) is 9.75. The molecule has 0 radical (unpaired) electrons. The molecule has 2 heterocycles. The summed E-state index contributed by atoms with van der Waals surface area (Å²) < 4.78 is 15.1. The molecule has 8 heteroatoms. The summed E-state index contributed by atoms with van der Waals surface area (Å²) in [6.45, 7) is -0.553. The first kappa shape index (κ1) is 14.0. The van der Waals surface area contributed by atoms with Gasteiger partial charge in [-0.25, -0.2) is 0 Å².